The second kappa shape index (κ2) is 6.39. The van der Waals surface area contributed by atoms with E-state index in [0.717, 1.165) is 6.26 Å². The Morgan fingerprint density at radius 2 is 1.61 bits per heavy atom. The van der Waals surface area contributed by atoms with Gasteiger partial charge in [0.15, 0.2) is 9.84 Å². The standard InChI is InChI=1S/C15H13ClN2O4S/c1-23(21,22)13-8-10(4-7-12(13)16)15(20)18-11-5-2-9(3-6-11)14(17)19/h2-8H,1H3,(H2,17,19)(H,18,20). The maximum Gasteiger partial charge on any atom is 0.255 e. The molecule has 0 spiro atoms. The van der Waals surface area contributed by atoms with E-state index in [0.29, 0.717) is 11.3 Å². The number of carbonyl (C=O) groups is 2. The van der Waals surface area contributed by atoms with E-state index in [4.69, 9.17) is 17.3 Å². The Labute approximate surface area is 138 Å². The van der Waals surface area contributed by atoms with Crippen molar-refractivity contribution < 1.29 is 18.0 Å². The van der Waals surface area contributed by atoms with Crippen LogP contribution >= 0.6 is 11.6 Å². The van der Waals surface area contributed by atoms with Crippen LogP contribution < -0.4 is 11.1 Å². The lowest BCUT2D eigenvalue weighted by atomic mass is 10.1. The number of hydrogen-bond donors (Lipinski definition) is 2. The molecule has 0 saturated carbocycles. The molecule has 0 aromatic heterocycles. The molecule has 0 radical (unpaired) electrons. The van der Waals surface area contributed by atoms with Gasteiger partial charge in [-0.3, -0.25) is 9.59 Å². The molecule has 2 aromatic rings. The van der Waals surface area contributed by atoms with E-state index in [1.54, 1.807) is 0 Å². The van der Waals surface area contributed by atoms with E-state index in [1.165, 1.54) is 42.5 Å². The fourth-order valence-corrected chi connectivity index (χ4v) is 3.15. The van der Waals surface area contributed by atoms with Gasteiger partial charge in [0, 0.05) is 23.1 Å². The minimum Gasteiger partial charge on any atom is -0.366 e. The minimum atomic E-state index is -3.54. The number of carbonyl (C=O) groups excluding carboxylic acids is 2. The number of anilines is 1. The number of nitrogens with two attached hydrogens (primary N) is 1. The van der Waals surface area contributed by atoms with E-state index >= 15 is 0 Å². The zero-order valence-electron chi connectivity index (χ0n) is 12.0. The van der Waals surface area contributed by atoms with Crippen LogP contribution in [0.5, 0.6) is 0 Å². The van der Waals surface area contributed by atoms with Gasteiger partial charge in [0.1, 0.15) is 0 Å². The molecule has 8 heteroatoms. The number of primary amides is 1. The number of amides is 2. The normalized spacial score (nSPS) is 11.0. The molecule has 120 valence electrons. The van der Waals surface area contributed by atoms with Crippen LogP contribution in [-0.2, 0) is 9.84 Å². The average molecular weight is 353 g/mol. The van der Waals surface area contributed by atoms with Gasteiger partial charge < -0.3 is 11.1 Å². The van der Waals surface area contributed by atoms with Crippen molar-refractivity contribution in [3.05, 3.63) is 58.6 Å². The van der Waals surface area contributed by atoms with Crippen LogP contribution in [0.3, 0.4) is 0 Å². The lowest BCUT2D eigenvalue weighted by molar-refractivity contribution is 0.0998. The second-order valence-electron chi connectivity index (χ2n) is 4.81. The van der Waals surface area contributed by atoms with Gasteiger partial charge in [-0.2, -0.15) is 0 Å². The van der Waals surface area contributed by atoms with Gasteiger partial charge in [-0.15, -0.1) is 0 Å². The molecule has 23 heavy (non-hydrogen) atoms. The summed E-state index contributed by atoms with van der Waals surface area (Å²) in [6.45, 7) is 0. The highest BCUT2D eigenvalue weighted by atomic mass is 35.5. The lowest BCUT2D eigenvalue weighted by Gasteiger charge is -2.08. The third-order valence-electron chi connectivity index (χ3n) is 3.02. The number of hydrogen-bond acceptors (Lipinski definition) is 4. The Hall–Kier alpha value is -2.38. The first kappa shape index (κ1) is 17.0. The van der Waals surface area contributed by atoms with E-state index in [1.807, 2.05) is 0 Å². The Morgan fingerprint density at radius 1 is 1.04 bits per heavy atom. The first-order valence-corrected chi connectivity index (χ1v) is 8.66. The molecule has 2 amide bonds. The maximum atomic E-state index is 12.2. The molecule has 2 rings (SSSR count). The van der Waals surface area contributed by atoms with Crippen molar-refractivity contribution in [3.8, 4) is 0 Å². The van der Waals surface area contributed by atoms with Gasteiger partial charge in [0.05, 0.1) is 9.92 Å². The predicted molar refractivity (Wildman–Crippen MR) is 87.5 cm³/mol. The Morgan fingerprint density at radius 3 is 2.13 bits per heavy atom. The van der Waals surface area contributed by atoms with Gasteiger partial charge in [0.25, 0.3) is 5.91 Å². The summed E-state index contributed by atoms with van der Waals surface area (Å²) >= 11 is 5.84. The van der Waals surface area contributed by atoms with Crippen LogP contribution in [-0.4, -0.2) is 26.5 Å². The van der Waals surface area contributed by atoms with Crippen molar-refractivity contribution in [2.24, 2.45) is 5.73 Å². The van der Waals surface area contributed by atoms with Gasteiger partial charge in [0.2, 0.25) is 5.91 Å². The summed E-state index contributed by atoms with van der Waals surface area (Å²) in [6.07, 6.45) is 1.01. The predicted octanol–water partition coefficient (Wildman–Crippen LogP) is 2.09. The monoisotopic (exact) mass is 352 g/mol. The van der Waals surface area contributed by atoms with Crippen molar-refractivity contribution >= 4 is 38.9 Å². The van der Waals surface area contributed by atoms with Gasteiger partial charge in [-0.1, -0.05) is 11.6 Å². The number of sulfone groups is 1. The van der Waals surface area contributed by atoms with E-state index in [2.05, 4.69) is 5.32 Å². The first-order chi connectivity index (χ1) is 10.7. The fraction of sp³-hybridized carbons (Fsp3) is 0.0667. The summed E-state index contributed by atoms with van der Waals surface area (Å²) in [6, 6.07) is 9.97. The smallest absolute Gasteiger partial charge is 0.255 e. The molecule has 0 saturated heterocycles. The molecule has 0 fully saturated rings. The quantitative estimate of drug-likeness (QED) is 0.878. The molecule has 0 heterocycles. The van der Waals surface area contributed by atoms with Crippen molar-refractivity contribution in [3.63, 3.8) is 0 Å². The number of benzene rings is 2. The minimum absolute atomic E-state index is 0.0508. The largest absolute Gasteiger partial charge is 0.366 e. The number of halogens is 1. The highest BCUT2D eigenvalue weighted by Gasteiger charge is 2.16. The van der Waals surface area contributed by atoms with Crippen LogP contribution in [0.2, 0.25) is 5.02 Å². The molecule has 0 atom stereocenters. The fourth-order valence-electron chi connectivity index (χ4n) is 1.85. The molecule has 6 nitrogen and oxygen atoms in total. The SMILES string of the molecule is CS(=O)(=O)c1cc(C(=O)Nc2ccc(C(N)=O)cc2)ccc1Cl. The highest BCUT2D eigenvalue weighted by molar-refractivity contribution is 7.90. The van der Waals surface area contributed by atoms with Crippen molar-refractivity contribution in [2.75, 3.05) is 11.6 Å². The summed E-state index contributed by atoms with van der Waals surface area (Å²) in [5.41, 5.74) is 6.03. The van der Waals surface area contributed by atoms with Crippen molar-refractivity contribution in [2.45, 2.75) is 4.90 Å². The third kappa shape index (κ3) is 4.08. The molecule has 0 aliphatic heterocycles. The first-order valence-electron chi connectivity index (χ1n) is 6.39. The molecule has 2 aromatic carbocycles. The van der Waals surface area contributed by atoms with Gasteiger partial charge in [-0.05, 0) is 42.5 Å². The second-order valence-corrected chi connectivity index (χ2v) is 7.20. The summed E-state index contributed by atoms with van der Waals surface area (Å²) in [5.74, 6) is -1.07. The van der Waals surface area contributed by atoms with Gasteiger partial charge >= 0.3 is 0 Å². The van der Waals surface area contributed by atoms with Gasteiger partial charge in [-0.25, -0.2) is 8.42 Å². The molecular weight excluding hydrogens is 340 g/mol. The van der Waals surface area contributed by atoms with Crippen molar-refractivity contribution in [1.29, 1.82) is 0 Å². The van der Waals surface area contributed by atoms with E-state index < -0.39 is 21.7 Å². The van der Waals surface area contributed by atoms with Crippen LogP contribution in [0.25, 0.3) is 0 Å². The zero-order chi connectivity index (χ0) is 17.2. The van der Waals surface area contributed by atoms with Crippen LogP contribution in [0.1, 0.15) is 20.7 Å². The average Bonchev–Trinajstić information content (AvgIpc) is 2.47. The summed E-state index contributed by atoms with van der Waals surface area (Å²) < 4.78 is 23.3. The molecular formula is C15H13ClN2O4S. The summed E-state index contributed by atoms with van der Waals surface area (Å²) in [4.78, 5) is 23.1. The number of rotatable bonds is 4. The topological polar surface area (TPSA) is 106 Å². The molecule has 0 aliphatic rings. The molecule has 0 unspecified atom stereocenters. The summed E-state index contributed by atoms with van der Waals surface area (Å²) in [5, 5.41) is 2.64. The van der Waals surface area contributed by atoms with E-state index in [-0.39, 0.29) is 15.5 Å². The summed E-state index contributed by atoms with van der Waals surface area (Å²) in [7, 11) is -3.54. The Kier molecular flexibility index (Phi) is 4.72. The van der Waals surface area contributed by atoms with Crippen LogP contribution in [0, 0.1) is 0 Å². The zero-order valence-corrected chi connectivity index (χ0v) is 13.6. The van der Waals surface area contributed by atoms with Crippen LogP contribution in [0.4, 0.5) is 5.69 Å². The maximum absolute atomic E-state index is 12.2. The van der Waals surface area contributed by atoms with E-state index in [9.17, 15) is 18.0 Å². The molecule has 0 aliphatic carbocycles. The van der Waals surface area contributed by atoms with Crippen LogP contribution in [0.15, 0.2) is 47.4 Å². The van der Waals surface area contributed by atoms with Crippen molar-refractivity contribution in [1.82, 2.24) is 0 Å². The third-order valence-corrected chi connectivity index (χ3v) is 4.60. The Bertz CT molecular complexity index is 877. The molecule has 3 N–H and O–H groups in total. The lowest BCUT2D eigenvalue weighted by Crippen LogP contribution is -2.14. The molecule has 0 bridgehead atoms. The highest BCUT2D eigenvalue weighted by Crippen LogP contribution is 2.23. The number of nitrogens with one attached hydrogen (secondary N) is 1. The Balaban J connectivity index is 2.26.